The zero-order chi connectivity index (χ0) is 24.0. The molecule has 5 heterocycles. The van der Waals surface area contributed by atoms with E-state index in [-0.39, 0.29) is 10.9 Å². The fraction of sp³-hybridized carbons (Fsp3) is 0.292. The molecule has 1 saturated heterocycles. The molecule has 11 heteroatoms. The standard InChI is InChI=1S/C24H25N7O2S2/c1-2-14-34-29-12-8-17(16-29)31-21-19-9-13-30(35(32,33)18-6-4-3-5-7-18)23(19)27-15-20(21)28-24(31)22-25-10-11-26-22/h3-7,9-11,13,15,17H,2,8,12,14,16H2,1H3,(H,25,26). The topological polar surface area (TPSA) is 102 Å². The first-order chi connectivity index (χ1) is 17.1. The molecule has 5 aromatic rings. The van der Waals surface area contributed by atoms with Crippen LogP contribution in [0.3, 0.4) is 0 Å². The monoisotopic (exact) mass is 507 g/mol. The van der Waals surface area contributed by atoms with Crippen LogP contribution in [0.1, 0.15) is 25.8 Å². The molecule has 1 N–H and O–H groups in total. The second-order valence-electron chi connectivity index (χ2n) is 8.57. The van der Waals surface area contributed by atoms with Gasteiger partial charge in [-0.3, -0.25) is 0 Å². The summed E-state index contributed by atoms with van der Waals surface area (Å²) in [7, 11) is -3.78. The summed E-state index contributed by atoms with van der Waals surface area (Å²) >= 11 is 1.88. The van der Waals surface area contributed by atoms with Crippen LogP contribution in [0.2, 0.25) is 0 Å². The van der Waals surface area contributed by atoms with Crippen molar-refractivity contribution < 1.29 is 8.42 Å². The first kappa shape index (κ1) is 22.3. The highest BCUT2D eigenvalue weighted by atomic mass is 32.2. The minimum Gasteiger partial charge on any atom is -0.342 e. The normalized spacial score (nSPS) is 17.1. The molecule has 1 fully saturated rings. The van der Waals surface area contributed by atoms with E-state index >= 15 is 0 Å². The average molecular weight is 508 g/mol. The van der Waals surface area contributed by atoms with Crippen LogP contribution in [0, 0.1) is 0 Å². The maximum absolute atomic E-state index is 13.4. The molecule has 1 atom stereocenters. The number of aromatic amines is 1. The molecule has 0 amide bonds. The maximum atomic E-state index is 13.4. The Kier molecular flexibility index (Phi) is 5.62. The van der Waals surface area contributed by atoms with Gasteiger partial charge in [-0.15, -0.1) is 0 Å². The van der Waals surface area contributed by atoms with Crippen molar-refractivity contribution in [1.82, 2.24) is 32.8 Å². The number of rotatable bonds is 7. The lowest BCUT2D eigenvalue weighted by molar-refractivity contribution is 0.516. The average Bonchev–Trinajstić information content (AvgIpc) is 3.67. The molecule has 0 radical (unpaired) electrons. The van der Waals surface area contributed by atoms with Gasteiger partial charge in [0.25, 0.3) is 10.0 Å². The molecule has 9 nitrogen and oxygen atoms in total. The van der Waals surface area contributed by atoms with Crippen LogP contribution in [0.25, 0.3) is 33.7 Å². The summed E-state index contributed by atoms with van der Waals surface area (Å²) in [4.78, 5) is 17.3. The SMILES string of the molecule is CCCSN1CCC(n2c(-c3ncc[nH]3)nc3cnc4c(ccn4S(=O)(=O)c4ccccc4)c32)C1. The summed E-state index contributed by atoms with van der Waals surface area (Å²) in [6.07, 6.45) is 8.86. The van der Waals surface area contributed by atoms with Crippen molar-refractivity contribution in [2.24, 2.45) is 0 Å². The number of H-pyrrole nitrogens is 1. The van der Waals surface area contributed by atoms with Crippen LogP contribution >= 0.6 is 11.9 Å². The lowest BCUT2D eigenvalue weighted by Gasteiger charge is -2.18. The highest BCUT2D eigenvalue weighted by Crippen LogP contribution is 2.37. The van der Waals surface area contributed by atoms with Crippen molar-refractivity contribution >= 4 is 44.0 Å². The van der Waals surface area contributed by atoms with Crippen molar-refractivity contribution in [3.05, 3.63) is 61.2 Å². The summed E-state index contributed by atoms with van der Waals surface area (Å²) in [6, 6.07) is 10.4. The molecule has 1 aliphatic rings. The molecular formula is C24H25N7O2S2. The number of imidazole rings is 2. The number of fused-ring (bicyclic) bond motifs is 3. The predicted molar refractivity (Wildman–Crippen MR) is 138 cm³/mol. The Balaban J connectivity index is 1.54. The van der Waals surface area contributed by atoms with Crippen LogP contribution in [-0.2, 0) is 10.0 Å². The van der Waals surface area contributed by atoms with Gasteiger partial charge in [0.1, 0.15) is 5.52 Å². The fourth-order valence-corrected chi connectivity index (χ4v) is 6.99. The number of benzene rings is 1. The van der Waals surface area contributed by atoms with Gasteiger partial charge in [0.15, 0.2) is 17.3 Å². The Morgan fingerprint density at radius 1 is 1.17 bits per heavy atom. The number of aromatic nitrogens is 6. The highest BCUT2D eigenvalue weighted by molar-refractivity contribution is 7.97. The molecule has 35 heavy (non-hydrogen) atoms. The second kappa shape index (κ2) is 8.81. The minimum atomic E-state index is -3.78. The molecule has 0 spiro atoms. The third-order valence-electron chi connectivity index (χ3n) is 6.31. The lowest BCUT2D eigenvalue weighted by Crippen LogP contribution is -2.16. The van der Waals surface area contributed by atoms with Crippen LogP contribution in [-0.4, -0.2) is 60.0 Å². The molecule has 1 aromatic carbocycles. The van der Waals surface area contributed by atoms with Gasteiger partial charge in [0.05, 0.1) is 22.7 Å². The first-order valence-corrected chi connectivity index (χ1v) is 14.0. The highest BCUT2D eigenvalue weighted by Gasteiger charge is 2.30. The molecule has 1 unspecified atom stereocenters. The Bertz CT molecular complexity index is 1590. The number of hydrogen-bond donors (Lipinski definition) is 1. The van der Waals surface area contributed by atoms with Crippen LogP contribution < -0.4 is 0 Å². The molecule has 0 aliphatic carbocycles. The van der Waals surface area contributed by atoms with Crippen LogP contribution in [0.5, 0.6) is 0 Å². The lowest BCUT2D eigenvalue weighted by atomic mass is 10.2. The third kappa shape index (κ3) is 3.74. The Morgan fingerprint density at radius 3 is 2.80 bits per heavy atom. The van der Waals surface area contributed by atoms with E-state index in [4.69, 9.17) is 4.98 Å². The summed E-state index contributed by atoms with van der Waals surface area (Å²) < 4.78 is 32.7. The maximum Gasteiger partial charge on any atom is 0.269 e. The van der Waals surface area contributed by atoms with E-state index in [1.807, 2.05) is 18.0 Å². The first-order valence-electron chi connectivity index (χ1n) is 11.6. The van der Waals surface area contributed by atoms with E-state index in [1.54, 1.807) is 55.1 Å². The summed E-state index contributed by atoms with van der Waals surface area (Å²) in [5, 5.41) is 0.756. The number of nitrogens with one attached hydrogen (secondary N) is 1. The van der Waals surface area contributed by atoms with E-state index in [1.165, 1.54) is 3.97 Å². The Hall–Kier alpha value is -3.15. The van der Waals surface area contributed by atoms with Gasteiger partial charge >= 0.3 is 0 Å². The predicted octanol–water partition coefficient (Wildman–Crippen LogP) is 4.32. The second-order valence-corrected chi connectivity index (χ2v) is 11.6. The Morgan fingerprint density at radius 2 is 2.03 bits per heavy atom. The van der Waals surface area contributed by atoms with Gasteiger partial charge < -0.3 is 9.55 Å². The molecule has 0 saturated carbocycles. The summed E-state index contributed by atoms with van der Waals surface area (Å²) in [6.45, 7) is 4.07. The zero-order valence-corrected chi connectivity index (χ0v) is 20.8. The van der Waals surface area contributed by atoms with E-state index in [9.17, 15) is 8.42 Å². The molecule has 6 rings (SSSR count). The third-order valence-corrected chi connectivity index (χ3v) is 9.28. The van der Waals surface area contributed by atoms with E-state index in [0.29, 0.717) is 11.5 Å². The number of pyridine rings is 1. The van der Waals surface area contributed by atoms with Crippen molar-refractivity contribution in [3.8, 4) is 11.6 Å². The quantitative estimate of drug-likeness (QED) is 0.327. The van der Waals surface area contributed by atoms with Gasteiger partial charge in [0, 0.05) is 42.8 Å². The zero-order valence-electron chi connectivity index (χ0n) is 19.2. The molecule has 1 aliphatic heterocycles. The van der Waals surface area contributed by atoms with Crippen LogP contribution in [0.15, 0.2) is 66.1 Å². The van der Waals surface area contributed by atoms with Gasteiger partial charge in [-0.05, 0) is 31.0 Å². The Labute approximate surface area is 207 Å². The van der Waals surface area contributed by atoms with Gasteiger partial charge in [-0.2, -0.15) is 0 Å². The molecular weight excluding hydrogens is 482 g/mol. The minimum absolute atomic E-state index is 0.184. The van der Waals surface area contributed by atoms with Crippen LogP contribution in [0.4, 0.5) is 0 Å². The van der Waals surface area contributed by atoms with Gasteiger partial charge in [-0.1, -0.05) is 37.1 Å². The van der Waals surface area contributed by atoms with Gasteiger partial charge in [0.2, 0.25) is 0 Å². The van der Waals surface area contributed by atoms with E-state index in [2.05, 4.69) is 30.7 Å². The van der Waals surface area contributed by atoms with E-state index < -0.39 is 10.0 Å². The summed E-state index contributed by atoms with van der Waals surface area (Å²) in [5.41, 5.74) is 2.00. The largest absolute Gasteiger partial charge is 0.342 e. The van der Waals surface area contributed by atoms with Crippen molar-refractivity contribution in [3.63, 3.8) is 0 Å². The molecule has 0 bridgehead atoms. The van der Waals surface area contributed by atoms with Gasteiger partial charge in [-0.25, -0.2) is 31.6 Å². The smallest absolute Gasteiger partial charge is 0.269 e. The number of hydrogen-bond acceptors (Lipinski definition) is 7. The molecule has 180 valence electrons. The van der Waals surface area contributed by atoms with E-state index in [0.717, 1.165) is 53.9 Å². The van der Waals surface area contributed by atoms with Crippen molar-refractivity contribution in [2.75, 3.05) is 18.8 Å². The molecule has 4 aromatic heterocycles. The van der Waals surface area contributed by atoms with Crippen molar-refractivity contribution in [2.45, 2.75) is 30.7 Å². The van der Waals surface area contributed by atoms with Crippen molar-refractivity contribution in [1.29, 1.82) is 0 Å². The fourth-order valence-electron chi connectivity index (χ4n) is 4.72. The summed E-state index contributed by atoms with van der Waals surface area (Å²) in [5.74, 6) is 2.52. The number of nitrogens with zero attached hydrogens (tertiary/aromatic N) is 6.